The van der Waals surface area contributed by atoms with Crippen molar-refractivity contribution in [3.05, 3.63) is 35.7 Å². The van der Waals surface area contributed by atoms with Crippen LogP contribution in [-0.4, -0.2) is 29.3 Å². The van der Waals surface area contributed by atoms with Crippen molar-refractivity contribution in [3.8, 4) is 22.6 Å². The predicted molar refractivity (Wildman–Crippen MR) is 73.5 cm³/mol. The fourth-order valence-corrected chi connectivity index (χ4v) is 2.59. The number of methoxy groups -OCH3 is 1. The molecule has 1 atom stereocenters. The number of H-pyrrole nitrogens is 1. The van der Waals surface area contributed by atoms with Gasteiger partial charge in [-0.15, -0.1) is 0 Å². The van der Waals surface area contributed by atoms with Gasteiger partial charge >= 0.3 is 5.97 Å². The molecular weight excluding hydrogens is 258 g/mol. The Morgan fingerprint density at radius 2 is 2.25 bits per heavy atom. The first-order valence-corrected chi connectivity index (χ1v) is 6.38. The molecule has 5 nitrogen and oxygen atoms in total. The highest BCUT2D eigenvalue weighted by Crippen LogP contribution is 2.40. The Balaban J connectivity index is 2.16. The summed E-state index contributed by atoms with van der Waals surface area (Å²) in [6, 6.07) is 5.51. The van der Waals surface area contributed by atoms with Crippen LogP contribution in [0.3, 0.4) is 0 Å². The number of aromatic carboxylic acids is 1. The number of nitrogens with one attached hydrogen (secondary N) is 1. The van der Waals surface area contributed by atoms with Gasteiger partial charge in [-0.05, 0) is 25.1 Å². The molecule has 2 heterocycles. The topological polar surface area (TPSA) is 71.6 Å². The Bertz CT molecular complexity index is 675. The molecule has 0 saturated heterocycles. The summed E-state index contributed by atoms with van der Waals surface area (Å²) in [7, 11) is 1.58. The zero-order chi connectivity index (χ0) is 14.3. The summed E-state index contributed by atoms with van der Waals surface area (Å²) in [5.74, 6) is 0.455. The number of carbonyl (C=O) groups is 1. The molecule has 1 aromatic carbocycles. The van der Waals surface area contributed by atoms with E-state index in [0.29, 0.717) is 11.3 Å². The summed E-state index contributed by atoms with van der Waals surface area (Å²) in [6.07, 6.45) is 2.58. The summed E-state index contributed by atoms with van der Waals surface area (Å²) in [5, 5.41) is 9.21. The minimum absolute atomic E-state index is 0.134. The van der Waals surface area contributed by atoms with Crippen molar-refractivity contribution in [1.29, 1.82) is 0 Å². The molecule has 3 rings (SSSR count). The van der Waals surface area contributed by atoms with Crippen molar-refractivity contribution >= 4 is 5.97 Å². The van der Waals surface area contributed by atoms with Gasteiger partial charge in [-0.1, -0.05) is 0 Å². The Hall–Kier alpha value is -2.43. The minimum atomic E-state index is -0.998. The highest BCUT2D eigenvalue weighted by atomic mass is 16.5. The average Bonchev–Trinajstić information content (AvgIpc) is 3.01. The van der Waals surface area contributed by atoms with Gasteiger partial charge in [-0.25, -0.2) is 4.79 Å². The fourth-order valence-electron chi connectivity index (χ4n) is 2.59. The van der Waals surface area contributed by atoms with E-state index in [2.05, 4.69) is 4.98 Å². The molecule has 0 fully saturated rings. The van der Waals surface area contributed by atoms with Gasteiger partial charge in [0.2, 0.25) is 0 Å². The third-order valence-electron chi connectivity index (χ3n) is 3.47. The quantitative estimate of drug-likeness (QED) is 0.902. The van der Waals surface area contributed by atoms with Crippen LogP contribution in [0.5, 0.6) is 11.5 Å². The summed E-state index contributed by atoms with van der Waals surface area (Å²) in [6.45, 7) is 2.01. The van der Waals surface area contributed by atoms with Crippen molar-refractivity contribution < 1.29 is 19.4 Å². The first kappa shape index (κ1) is 12.6. The summed E-state index contributed by atoms with van der Waals surface area (Å²) < 4.78 is 11.1. The highest BCUT2D eigenvalue weighted by Gasteiger charge is 2.24. The van der Waals surface area contributed by atoms with E-state index in [1.807, 2.05) is 19.1 Å². The Kier molecular flexibility index (Phi) is 2.89. The molecule has 20 heavy (non-hydrogen) atoms. The van der Waals surface area contributed by atoms with Crippen LogP contribution >= 0.6 is 0 Å². The molecule has 0 radical (unpaired) electrons. The van der Waals surface area contributed by atoms with E-state index in [9.17, 15) is 9.90 Å². The van der Waals surface area contributed by atoms with E-state index < -0.39 is 5.97 Å². The van der Waals surface area contributed by atoms with Gasteiger partial charge in [0.25, 0.3) is 0 Å². The zero-order valence-corrected chi connectivity index (χ0v) is 11.3. The van der Waals surface area contributed by atoms with Crippen LogP contribution in [0.1, 0.15) is 23.0 Å². The van der Waals surface area contributed by atoms with Crippen LogP contribution in [0.4, 0.5) is 0 Å². The largest absolute Gasteiger partial charge is 0.496 e. The summed E-state index contributed by atoms with van der Waals surface area (Å²) in [5.41, 5.74) is 2.55. The SMILES string of the molecule is COc1cc2c(cc1-c1cc[nH]c1C(=O)O)OC(C)C2. The number of benzene rings is 1. The lowest BCUT2D eigenvalue weighted by Gasteiger charge is -2.11. The van der Waals surface area contributed by atoms with Gasteiger partial charge < -0.3 is 19.6 Å². The molecule has 2 aromatic rings. The van der Waals surface area contributed by atoms with E-state index >= 15 is 0 Å². The van der Waals surface area contributed by atoms with Gasteiger partial charge in [-0.3, -0.25) is 0 Å². The number of rotatable bonds is 3. The third-order valence-corrected chi connectivity index (χ3v) is 3.47. The van der Waals surface area contributed by atoms with E-state index in [4.69, 9.17) is 9.47 Å². The highest BCUT2D eigenvalue weighted by molar-refractivity contribution is 5.95. The molecule has 0 spiro atoms. The number of carboxylic acid groups (broad SMARTS) is 1. The number of hydrogen-bond donors (Lipinski definition) is 2. The molecule has 5 heteroatoms. The first-order chi connectivity index (χ1) is 9.60. The molecular formula is C15H15NO4. The van der Waals surface area contributed by atoms with E-state index in [-0.39, 0.29) is 11.8 Å². The Labute approximate surface area is 116 Å². The van der Waals surface area contributed by atoms with Crippen molar-refractivity contribution in [1.82, 2.24) is 4.98 Å². The van der Waals surface area contributed by atoms with Gasteiger partial charge in [0, 0.05) is 29.3 Å². The molecule has 1 unspecified atom stereocenters. The van der Waals surface area contributed by atoms with Crippen molar-refractivity contribution in [2.24, 2.45) is 0 Å². The number of aromatic nitrogens is 1. The normalized spacial score (nSPS) is 16.6. The first-order valence-electron chi connectivity index (χ1n) is 6.38. The van der Waals surface area contributed by atoms with Crippen LogP contribution in [0, 0.1) is 0 Å². The smallest absolute Gasteiger partial charge is 0.352 e. The predicted octanol–water partition coefficient (Wildman–Crippen LogP) is 2.71. The van der Waals surface area contributed by atoms with Crippen LogP contribution in [0.2, 0.25) is 0 Å². The van der Waals surface area contributed by atoms with Gasteiger partial charge in [0.15, 0.2) is 0 Å². The zero-order valence-electron chi connectivity index (χ0n) is 11.3. The standard InChI is InChI=1S/C15H15NO4/c1-8-5-9-6-13(19-2)11(7-12(9)20-8)10-3-4-16-14(10)15(17)18/h3-4,6-8,16H,5H2,1-2H3,(H,17,18). The second-order valence-corrected chi connectivity index (χ2v) is 4.86. The Morgan fingerprint density at radius 3 is 2.95 bits per heavy atom. The summed E-state index contributed by atoms with van der Waals surface area (Å²) >= 11 is 0. The van der Waals surface area contributed by atoms with Crippen molar-refractivity contribution in [2.75, 3.05) is 7.11 Å². The number of fused-ring (bicyclic) bond motifs is 1. The number of aromatic amines is 1. The monoisotopic (exact) mass is 273 g/mol. The molecule has 0 amide bonds. The van der Waals surface area contributed by atoms with Crippen LogP contribution in [0.25, 0.3) is 11.1 Å². The van der Waals surface area contributed by atoms with Gasteiger partial charge in [0.05, 0.1) is 7.11 Å². The molecule has 1 aliphatic heterocycles. The average molecular weight is 273 g/mol. The number of hydrogen-bond acceptors (Lipinski definition) is 3. The number of carboxylic acids is 1. The lowest BCUT2D eigenvalue weighted by atomic mass is 10.0. The van der Waals surface area contributed by atoms with Crippen molar-refractivity contribution in [2.45, 2.75) is 19.4 Å². The molecule has 0 aliphatic carbocycles. The van der Waals surface area contributed by atoms with E-state index in [1.54, 1.807) is 19.4 Å². The number of ether oxygens (including phenoxy) is 2. The fraction of sp³-hybridized carbons (Fsp3) is 0.267. The minimum Gasteiger partial charge on any atom is -0.496 e. The maximum Gasteiger partial charge on any atom is 0.352 e. The van der Waals surface area contributed by atoms with Crippen LogP contribution in [-0.2, 0) is 6.42 Å². The summed E-state index contributed by atoms with van der Waals surface area (Å²) in [4.78, 5) is 14.0. The van der Waals surface area contributed by atoms with E-state index in [0.717, 1.165) is 23.3 Å². The molecule has 1 aliphatic rings. The molecule has 2 N–H and O–H groups in total. The molecule has 0 bridgehead atoms. The second-order valence-electron chi connectivity index (χ2n) is 4.86. The van der Waals surface area contributed by atoms with Crippen LogP contribution < -0.4 is 9.47 Å². The van der Waals surface area contributed by atoms with Crippen LogP contribution in [0.15, 0.2) is 24.4 Å². The third kappa shape index (κ3) is 1.91. The molecule has 1 aromatic heterocycles. The second kappa shape index (κ2) is 4.59. The van der Waals surface area contributed by atoms with Gasteiger partial charge in [0.1, 0.15) is 23.3 Å². The van der Waals surface area contributed by atoms with Crippen molar-refractivity contribution in [3.63, 3.8) is 0 Å². The lowest BCUT2D eigenvalue weighted by Crippen LogP contribution is -2.05. The van der Waals surface area contributed by atoms with E-state index in [1.165, 1.54) is 0 Å². The maximum absolute atomic E-state index is 11.2. The maximum atomic E-state index is 11.2. The Morgan fingerprint density at radius 1 is 1.45 bits per heavy atom. The molecule has 0 saturated carbocycles. The molecule has 104 valence electrons. The lowest BCUT2D eigenvalue weighted by molar-refractivity contribution is 0.0692. The van der Waals surface area contributed by atoms with Gasteiger partial charge in [-0.2, -0.15) is 0 Å².